The number of benzene rings is 3. The number of hydrogen-bond donors (Lipinski definition) is 0. The van der Waals surface area contributed by atoms with Crippen LogP contribution in [0.3, 0.4) is 0 Å². The van der Waals surface area contributed by atoms with Crippen LogP contribution in [-0.2, 0) is 9.59 Å². The summed E-state index contributed by atoms with van der Waals surface area (Å²) in [5.74, 6) is -1.37. The van der Waals surface area contributed by atoms with Gasteiger partial charge in [-0.05, 0) is 59.7 Å². The van der Waals surface area contributed by atoms with Crippen molar-refractivity contribution in [2.75, 3.05) is 19.1 Å². The maximum absolute atomic E-state index is 13.9. The van der Waals surface area contributed by atoms with Crippen LogP contribution in [-0.4, -0.2) is 49.1 Å². The van der Waals surface area contributed by atoms with Crippen molar-refractivity contribution < 1.29 is 23.9 Å². The van der Waals surface area contributed by atoms with Gasteiger partial charge in [-0.1, -0.05) is 24.3 Å². The zero-order chi connectivity index (χ0) is 25.0. The summed E-state index contributed by atoms with van der Waals surface area (Å²) in [6.45, 7) is 0. The molecular formula is C28H23N3O5. The van der Waals surface area contributed by atoms with Gasteiger partial charge >= 0.3 is 0 Å². The van der Waals surface area contributed by atoms with E-state index in [0.29, 0.717) is 22.7 Å². The Morgan fingerprint density at radius 1 is 0.806 bits per heavy atom. The Morgan fingerprint density at radius 3 is 2.08 bits per heavy atom. The van der Waals surface area contributed by atoms with Gasteiger partial charge in [0.15, 0.2) is 5.78 Å². The molecule has 8 heteroatoms. The number of rotatable bonds is 5. The van der Waals surface area contributed by atoms with E-state index in [0.717, 1.165) is 11.1 Å². The fourth-order valence-corrected chi connectivity index (χ4v) is 5.58. The van der Waals surface area contributed by atoms with Gasteiger partial charge in [-0.2, -0.15) is 5.10 Å². The van der Waals surface area contributed by atoms with Gasteiger partial charge in [0.25, 0.3) is 0 Å². The smallest absolute Gasteiger partial charge is 0.240 e. The molecule has 0 unspecified atom stereocenters. The first-order chi connectivity index (χ1) is 17.5. The predicted molar refractivity (Wildman–Crippen MR) is 132 cm³/mol. The first kappa shape index (κ1) is 22.0. The van der Waals surface area contributed by atoms with Crippen molar-refractivity contribution in [3.8, 4) is 11.5 Å². The molecule has 2 amide bonds. The maximum atomic E-state index is 13.9. The second kappa shape index (κ2) is 8.34. The molecule has 3 aromatic carbocycles. The van der Waals surface area contributed by atoms with Gasteiger partial charge in [-0.25, -0.2) is 4.90 Å². The Hall–Kier alpha value is -4.46. The molecule has 0 bridgehead atoms. The van der Waals surface area contributed by atoms with Gasteiger partial charge < -0.3 is 9.47 Å². The van der Waals surface area contributed by atoms with Gasteiger partial charge in [-0.15, -0.1) is 0 Å². The van der Waals surface area contributed by atoms with Crippen LogP contribution >= 0.6 is 0 Å². The summed E-state index contributed by atoms with van der Waals surface area (Å²) in [6.07, 6.45) is 1.69. The molecule has 0 saturated carbocycles. The van der Waals surface area contributed by atoms with Gasteiger partial charge in [0, 0.05) is 5.56 Å². The quantitative estimate of drug-likeness (QED) is 0.410. The number of ketones is 1. The summed E-state index contributed by atoms with van der Waals surface area (Å²) in [5, 5.41) is 6.25. The van der Waals surface area contributed by atoms with Crippen LogP contribution in [0.5, 0.6) is 11.5 Å². The lowest BCUT2D eigenvalue weighted by Gasteiger charge is -2.33. The van der Waals surface area contributed by atoms with Crippen molar-refractivity contribution in [2.45, 2.75) is 12.1 Å². The van der Waals surface area contributed by atoms with E-state index in [2.05, 4.69) is 5.10 Å². The summed E-state index contributed by atoms with van der Waals surface area (Å²) in [5.41, 5.74) is 2.64. The summed E-state index contributed by atoms with van der Waals surface area (Å²) < 4.78 is 10.4. The highest BCUT2D eigenvalue weighted by Gasteiger charge is 2.65. The molecule has 4 atom stereocenters. The first-order valence-electron chi connectivity index (χ1n) is 11.6. The standard InChI is InChI=1S/C28H23N3O5/c1-35-19-11-7-16(8-12-19)26(32)25-23-22(24-21-6-4-3-5-17(21)15-29-31(24)25)27(33)30(28(23)34)18-9-13-20(36-2)14-10-18/h3-15,22-25H,1-2H3/t22-,23-,24+,25-/m0/s1. The minimum Gasteiger partial charge on any atom is -0.497 e. The van der Waals surface area contributed by atoms with Crippen molar-refractivity contribution in [3.05, 3.63) is 89.5 Å². The normalized spacial score (nSPS) is 23.8. The fraction of sp³-hybridized carbons (Fsp3) is 0.214. The SMILES string of the molecule is COc1ccc(C(=O)[C@@H]2[C@H]3C(=O)N(c4ccc(OC)cc4)C(=O)[C@@H]3[C@H]3c4ccccc4C=NN23)cc1. The Balaban J connectivity index is 1.46. The number of ether oxygens (including phenoxy) is 2. The topological polar surface area (TPSA) is 88.5 Å². The van der Waals surface area contributed by atoms with Crippen molar-refractivity contribution in [1.82, 2.24) is 5.01 Å². The first-order valence-corrected chi connectivity index (χ1v) is 11.6. The van der Waals surface area contributed by atoms with Crippen LogP contribution in [0.4, 0.5) is 5.69 Å². The van der Waals surface area contributed by atoms with E-state index in [1.165, 1.54) is 4.90 Å². The molecule has 0 aromatic heterocycles. The Labute approximate surface area is 207 Å². The fourth-order valence-electron chi connectivity index (χ4n) is 5.58. The number of carbonyl (C=O) groups is 3. The minimum absolute atomic E-state index is 0.260. The second-order valence-corrected chi connectivity index (χ2v) is 9.00. The lowest BCUT2D eigenvalue weighted by atomic mass is 9.83. The van der Waals surface area contributed by atoms with Gasteiger partial charge in [-0.3, -0.25) is 19.4 Å². The molecule has 0 N–H and O–H groups in total. The van der Waals surface area contributed by atoms with Crippen molar-refractivity contribution in [1.29, 1.82) is 0 Å². The van der Waals surface area contributed by atoms with E-state index in [1.807, 2.05) is 24.3 Å². The van der Waals surface area contributed by atoms with E-state index in [9.17, 15) is 14.4 Å². The third-order valence-electron chi connectivity index (χ3n) is 7.27. The summed E-state index contributed by atoms with van der Waals surface area (Å²) in [4.78, 5) is 42.8. The number of carbonyl (C=O) groups excluding carboxylic acids is 3. The number of hydrazone groups is 1. The van der Waals surface area contributed by atoms with Crippen LogP contribution in [0.15, 0.2) is 77.9 Å². The zero-order valence-corrected chi connectivity index (χ0v) is 19.7. The molecule has 0 aliphatic carbocycles. The monoisotopic (exact) mass is 481 g/mol. The van der Waals surface area contributed by atoms with Crippen molar-refractivity contribution >= 4 is 29.5 Å². The molecule has 3 aliphatic rings. The number of methoxy groups -OCH3 is 2. The van der Waals surface area contributed by atoms with Gasteiger partial charge in [0.1, 0.15) is 17.5 Å². The van der Waals surface area contributed by atoms with Crippen LogP contribution in [0.1, 0.15) is 27.5 Å². The largest absolute Gasteiger partial charge is 0.497 e. The highest BCUT2D eigenvalue weighted by atomic mass is 16.5. The molecule has 8 nitrogen and oxygen atoms in total. The highest BCUT2D eigenvalue weighted by molar-refractivity contribution is 6.24. The van der Waals surface area contributed by atoms with Crippen LogP contribution in [0.2, 0.25) is 0 Å². The van der Waals surface area contributed by atoms with Gasteiger partial charge in [0.05, 0.1) is 44.0 Å². The molecule has 180 valence electrons. The van der Waals surface area contributed by atoms with E-state index < -0.39 is 29.8 Å². The zero-order valence-electron chi connectivity index (χ0n) is 19.7. The third kappa shape index (κ3) is 3.14. The Kier molecular flexibility index (Phi) is 5.10. The minimum atomic E-state index is -0.919. The Bertz CT molecular complexity index is 1400. The number of nitrogens with zero attached hydrogens (tertiary/aromatic N) is 3. The molecule has 0 radical (unpaired) electrons. The number of amides is 2. The van der Waals surface area contributed by atoms with Gasteiger partial charge in [0.2, 0.25) is 11.8 Å². The van der Waals surface area contributed by atoms with Crippen LogP contribution < -0.4 is 14.4 Å². The third-order valence-corrected chi connectivity index (χ3v) is 7.27. The van der Waals surface area contributed by atoms with Crippen LogP contribution in [0, 0.1) is 11.8 Å². The van der Waals surface area contributed by atoms with Crippen molar-refractivity contribution in [3.63, 3.8) is 0 Å². The van der Waals surface area contributed by atoms with E-state index in [1.54, 1.807) is 74.0 Å². The molecule has 2 saturated heterocycles. The van der Waals surface area contributed by atoms with E-state index in [4.69, 9.17) is 9.47 Å². The maximum Gasteiger partial charge on any atom is 0.240 e. The lowest BCUT2D eigenvalue weighted by Crippen LogP contribution is -2.44. The molecular weight excluding hydrogens is 458 g/mol. The van der Waals surface area contributed by atoms with Crippen LogP contribution in [0.25, 0.3) is 0 Å². The number of Topliss-reactive ketones (excluding diaryl/α,β-unsaturated/α-hetero) is 1. The molecule has 0 spiro atoms. The average molecular weight is 482 g/mol. The molecule has 6 rings (SSSR count). The summed E-state index contributed by atoms with van der Waals surface area (Å²) in [7, 11) is 3.11. The number of anilines is 1. The predicted octanol–water partition coefficient (Wildman–Crippen LogP) is 3.47. The van der Waals surface area contributed by atoms with E-state index >= 15 is 0 Å². The molecule has 3 aromatic rings. The molecule has 36 heavy (non-hydrogen) atoms. The summed E-state index contributed by atoms with van der Waals surface area (Å²) >= 11 is 0. The average Bonchev–Trinajstić information content (AvgIpc) is 3.40. The molecule has 3 heterocycles. The van der Waals surface area contributed by atoms with E-state index in [-0.39, 0.29) is 11.7 Å². The number of hydrogen-bond acceptors (Lipinski definition) is 7. The van der Waals surface area contributed by atoms with Crippen molar-refractivity contribution in [2.24, 2.45) is 16.9 Å². The Morgan fingerprint density at radius 2 is 1.42 bits per heavy atom. The number of imide groups is 1. The second-order valence-electron chi connectivity index (χ2n) is 9.00. The molecule has 3 aliphatic heterocycles. The molecule has 2 fully saturated rings. The highest BCUT2D eigenvalue weighted by Crippen LogP contribution is 2.53. The number of fused-ring (bicyclic) bond motifs is 5. The lowest BCUT2D eigenvalue weighted by molar-refractivity contribution is -0.124. The summed E-state index contributed by atoms with van der Waals surface area (Å²) in [6, 6.07) is 19.7.